The van der Waals surface area contributed by atoms with E-state index in [1.807, 2.05) is 118 Å². The number of nitrogens with zero attached hydrogens (tertiary/aromatic N) is 6. The summed E-state index contributed by atoms with van der Waals surface area (Å²) in [5, 5.41) is 0. The largest absolute Gasteiger partial charge is 0.455 e. The molecule has 4 aromatic heterocycles. The van der Waals surface area contributed by atoms with E-state index in [0.717, 1.165) is 44.1 Å². The van der Waals surface area contributed by atoms with Gasteiger partial charge in [0.1, 0.15) is 5.75 Å². The van der Waals surface area contributed by atoms with Crippen LogP contribution in [-0.2, 0) is 5.41 Å². The summed E-state index contributed by atoms with van der Waals surface area (Å²) in [6, 6.07) is 41.6. The molecule has 0 N–H and O–H groups in total. The van der Waals surface area contributed by atoms with E-state index in [4.69, 9.17) is 22.9 Å². The first-order chi connectivity index (χ1) is 26.1. The van der Waals surface area contributed by atoms with Crippen molar-refractivity contribution in [3.05, 3.63) is 145 Å². The molecule has 11 rings (SSSR count). The van der Waals surface area contributed by atoms with Crippen molar-refractivity contribution in [1.29, 1.82) is 0 Å². The van der Waals surface area contributed by atoms with E-state index in [9.17, 15) is 0 Å². The Morgan fingerprint density at radius 1 is 0.542 bits per heavy atom. The van der Waals surface area contributed by atoms with Crippen LogP contribution in [0.15, 0.2) is 133 Å². The first-order valence-electron chi connectivity index (χ1n) is 18.8. The fourth-order valence-corrected chi connectivity index (χ4v) is 7.59. The number of ether oxygens (including phenoxy) is 1. The minimum Gasteiger partial charge on any atom is -0.455 e. The summed E-state index contributed by atoms with van der Waals surface area (Å²) in [7, 11) is 0. The Kier molecular flexibility index (Phi) is 3.85. The van der Waals surface area contributed by atoms with Crippen LogP contribution in [0.4, 0.5) is 0 Å². The number of hydrogen-bond donors (Lipinski definition) is 0. The lowest BCUT2D eigenvalue weighted by atomic mass is 9.75. The molecule has 48 heavy (non-hydrogen) atoms. The quantitative estimate of drug-likeness (QED) is 0.192. The molecule has 0 atom stereocenters. The van der Waals surface area contributed by atoms with E-state index >= 15 is 0 Å². The lowest BCUT2D eigenvalue weighted by Crippen LogP contribution is -2.25. The third-order valence-corrected chi connectivity index (χ3v) is 9.69. The molecule has 228 valence electrons. The molecule has 0 fully saturated rings. The highest BCUT2D eigenvalue weighted by atomic mass is 16.5. The second-order valence-electron chi connectivity index (χ2n) is 12.3. The van der Waals surface area contributed by atoms with Gasteiger partial charge in [0, 0.05) is 30.5 Å². The standard InChI is InChI=1S/C41H28N6O/c1-41(2)26-12-11-21-36(47-35-20-10-9-19-34(35)46-31-16-6-4-14-29(31)43-40(46)47)38(26)48-37-23-22-25(24-27(37)41)44-32-17-7-8-18-33(32)45-30-15-5-3-13-28(30)42-39(44)45/h3-24H,1-2H3/i1D3,2D3. The zero-order valence-electron chi connectivity index (χ0n) is 31.3. The van der Waals surface area contributed by atoms with Gasteiger partial charge >= 0.3 is 0 Å². The Balaban J connectivity index is 1.22. The van der Waals surface area contributed by atoms with E-state index in [1.165, 1.54) is 0 Å². The van der Waals surface area contributed by atoms with Crippen LogP contribution in [0, 0.1) is 0 Å². The SMILES string of the molecule is [2H]C([2H])([2H])C1(C([2H])([2H])[2H])c2cc(-n3c4ccccc4n4c5ccccc5nc34)ccc2Oc2c(-n3c4ccccc4n4c5ccccc5nc34)cccc21. The summed E-state index contributed by atoms with van der Waals surface area (Å²) >= 11 is 0. The summed E-state index contributed by atoms with van der Waals surface area (Å²) in [5.74, 6) is 1.49. The van der Waals surface area contributed by atoms with Gasteiger partial charge in [0.2, 0.25) is 11.6 Å². The molecule has 5 heterocycles. The van der Waals surface area contributed by atoms with E-state index in [2.05, 4.69) is 8.80 Å². The van der Waals surface area contributed by atoms with Crippen LogP contribution in [0.5, 0.6) is 11.5 Å². The average molecular weight is 627 g/mol. The molecule has 7 heteroatoms. The molecule has 0 unspecified atom stereocenters. The van der Waals surface area contributed by atoms with Crippen molar-refractivity contribution in [2.75, 3.05) is 0 Å². The lowest BCUT2D eigenvalue weighted by molar-refractivity contribution is 0.416. The van der Waals surface area contributed by atoms with Crippen molar-refractivity contribution >= 4 is 55.7 Å². The van der Waals surface area contributed by atoms with Crippen LogP contribution in [0.2, 0.25) is 0 Å². The normalized spacial score (nSPS) is 16.3. The highest BCUT2D eigenvalue weighted by molar-refractivity contribution is 5.94. The number of benzene rings is 6. The molecule has 0 amide bonds. The van der Waals surface area contributed by atoms with E-state index < -0.39 is 19.1 Å². The highest BCUT2D eigenvalue weighted by Gasteiger charge is 2.37. The zero-order chi connectivity index (χ0) is 36.7. The molecule has 10 aromatic rings. The minimum atomic E-state index is -3.05. The van der Waals surface area contributed by atoms with Gasteiger partial charge in [0.15, 0.2) is 5.75 Å². The summed E-state index contributed by atoms with van der Waals surface area (Å²) in [5.41, 5.74) is 5.46. The third-order valence-electron chi connectivity index (χ3n) is 9.69. The molecular weight excluding hydrogens is 592 g/mol. The number of imidazole rings is 4. The molecule has 0 bridgehead atoms. The van der Waals surface area contributed by atoms with Crippen LogP contribution in [-0.4, -0.2) is 27.9 Å². The fourth-order valence-electron chi connectivity index (χ4n) is 7.59. The number of hydrogen-bond acceptors (Lipinski definition) is 3. The minimum absolute atomic E-state index is 0.0470. The third kappa shape index (κ3) is 3.17. The van der Waals surface area contributed by atoms with Crippen LogP contribution >= 0.6 is 0 Å². The predicted octanol–water partition coefficient (Wildman–Crippen LogP) is 9.61. The molecule has 0 spiro atoms. The van der Waals surface area contributed by atoms with Crippen molar-refractivity contribution in [3.63, 3.8) is 0 Å². The molecule has 0 aliphatic carbocycles. The Labute approximate surface area is 282 Å². The van der Waals surface area contributed by atoms with E-state index in [1.54, 1.807) is 24.3 Å². The lowest BCUT2D eigenvalue weighted by Gasteiger charge is -2.36. The van der Waals surface area contributed by atoms with Crippen LogP contribution in [0.3, 0.4) is 0 Å². The molecule has 6 aromatic carbocycles. The van der Waals surface area contributed by atoms with Gasteiger partial charge in [-0.3, -0.25) is 17.9 Å². The van der Waals surface area contributed by atoms with Crippen molar-refractivity contribution in [2.45, 2.75) is 19.1 Å². The van der Waals surface area contributed by atoms with Crippen LogP contribution in [0.1, 0.15) is 33.1 Å². The molecule has 1 aliphatic rings. The van der Waals surface area contributed by atoms with Gasteiger partial charge in [0.05, 0.1) is 49.8 Å². The summed E-state index contributed by atoms with van der Waals surface area (Å²) in [6.45, 7) is -6.09. The monoisotopic (exact) mass is 626 g/mol. The predicted molar refractivity (Wildman–Crippen MR) is 191 cm³/mol. The zero-order valence-corrected chi connectivity index (χ0v) is 25.3. The van der Waals surface area contributed by atoms with Crippen molar-refractivity contribution in [2.24, 2.45) is 0 Å². The maximum atomic E-state index is 9.12. The van der Waals surface area contributed by atoms with Crippen LogP contribution in [0.25, 0.3) is 67.1 Å². The number of rotatable bonds is 2. The number of para-hydroxylation sites is 9. The Morgan fingerprint density at radius 2 is 1.10 bits per heavy atom. The van der Waals surface area contributed by atoms with Gasteiger partial charge < -0.3 is 4.74 Å². The topological polar surface area (TPSA) is 53.7 Å². The molecule has 0 saturated carbocycles. The highest BCUT2D eigenvalue weighted by Crippen LogP contribution is 2.51. The maximum absolute atomic E-state index is 9.12. The maximum Gasteiger partial charge on any atom is 0.220 e. The van der Waals surface area contributed by atoms with Gasteiger partial charge in [-0.05, 0) is 72.8 Å². The van der Waals surface area contributed by atoms with E-state index in [0.29, 0.717) is 22.9 Å². The summed E-state index contributed by atoms with van der Waals surface area (Å²) in [6.07, 6.45) is 0. The van der Waals surface area contributed by atoms with Crippen molar-refractivity contribution in [3.8, 4) is 22.9 Å². The second kappa shape index (κ2) is 8.92. The fraction of sp³-hybridized carbons (Fsp3) is 0.0732. The molecule has 7 nitrogen and oxygen atoms in total. The van der Waals surface area contributed by atoms with Gasteiger partial charge in [0.25, 0.3) is 0 Å². The van der Waals surface area contributed by atoms with Crippen molar-refractivity contribution in [1.82, 2.24) is 27.9 Å². The Bertz CT molecular complexity index is 3180. The molecule has 0 radical (unpaired) electrons. The van der Waals surface area contributed by atoms with Gasteiger partial charge in [-0.2, -0.15) is 0 Å². The van der Waals surface area contributed by atoms with Crippen molar-refractivity contribution < 1.29 is 13.0 Å². The Morgan fingerprint density at radius 3 is 1.75 bits per heavy atom. The molecule has 1 aliphatic heterocycles. The molecular formula is C41H28N6O. The van der Waals surface area contributed by atoms with Gasteiger partial charge in [-0.1, -0.05) is 74.4 Å². The second-order valence-corrected chi connectivity index (χ2v) is 12.3. The first-order valence-corrected chi connectivity index (χ1v) is 15.8. The first kappa shape index (κ1) is 20.7. The number of fused-ring (bicyclic) bond motifs is 12. The number of aromatic nitrogens is 6. The Hall–Kier alpha value is -6.34. The smallest absolute Gasteiger partial charge is 0.220 e. The summed E-state index contributed by atoms with van der Waals surface area (Å²) in [4.78, 5) is 9.98. The molecule has 0 saturated heterocycles. The van der Waals surface area contributed by atoms with Gasteiger partial charge in [-0.25, -0.2) is 9.97 Å². The average Bonchev–Trinajstić information content (AvgIpc) is 3.89. The van der Waals surface area contributed by atoms with E-state index in [-0.39, 0.29) is 22.6 Å². The van der Waals surface area contributed by atoms with Crippen LogP contribution < -0.4 is 4.74 Å². The van der Waals surface area contributed by atoms with Gasteiger partial charge in [-0.15, -0.1) is 0 Å². The summed E-state index contributed by atoms with van der Waals surface area (Å²) < 4.78 is 69.5.